The van der Waals surface area contributed by atoms with Crippen LogP contribution in [-0.2, 0) is 16.9 Å². The molecule has 15 heteroatoms. The summed E-state index contributed by atoms with van der Waals surface area (Å²) in [6.07, 6.45) is 1.93. The Balaban J connectivity index is 0.982. The van der Waals surface area contributed by atoms with Crippen LogP contribution in [0, 0.1) is 25.5 Å². The fourth-order valence-corrected chi connectivity index (χ4v) is 10.4. The van der Waals surface area contributed by atoms with Crippen LogP contribution in [0.5, 0.6) is 0 Å². The van der Waals surface area contributed by atoms with E-state index in [9.17, 15) is 30.4 Å². The molecule has 1 saturated heterocycles. The van der Waals surface area contributed by atoms with Crippen LogP contribution < -0.4 is 19.2 Å². The van der Waals surface area contributed by atoms with Crippen molar-refractivity contribution in [2.45, 2.75) is 48.4 Å². The molecule has 2 aliphatic rings. The highest BCUT2D eigenvalue weighted by Gasteiger charge is 2.51. The maximum Gasteiger partial charge on any atom is 0.501 e. The molecule has 0 bridgehead atoms. The molecular weight excluding hydrogens is 798 g/mol. The molecule has 7 nitrogen and oxygen atoms in total. The quantitative estimate of drug-likeness (QED) is 0.101. The van der Waals surface area contributed by atoms with Crippen molar-refractivity contribution >= 4 is 50.8 Å². The Hall–Kier alpha value is -4.44. The zero-order valence-electron chi connectivity index (χ0n) is 31.5. The van der Waals surface area contributed by atoms with E-state index in [0.29, 0.717) is 12.0 Å². The van der Waals surface area contributed by atoms with E-state index in [1.807, 2.05) is 67.9 Å². The van der Waals surface area contributed by atoms with E-state index in [1.165, 1.54) is 24.1 Å². The Kier molecular flexibility index (Phi) is 12.0. The van der Waals surface area contributed by atoms with Crippen molar-refractivity contribution in [2.24, 2.45) is 7.05 Å². The molecule has 1 aromatic heterocycles. The molecule has 2 heterocycles. The van der Waals surface area contributed by atoms with Crippen molar-refractivity contribution in [1.82, 2.24) is 9.29 Å². The van der Waals surface area contributed by atoms with Gasteiger partial charge in [-0.3, -0.25) is 4.72 Å². The van der Waals surface area contributed by atoms with E-state index in [0.717, 1.165) is 94.2 Å². The molecule has 300 valence electrons. The lowest BCUT2D eigenvalue weighted by Crippen LogP contribution is -2.46. The first-order valence-electron chi connectivity index (χ1n) is 18.4. The Labute approximate surface area is 338 Å². The number of alkyl halides is 3. The lowest BCUT2D eigenvalue weighted by Gasteiger charge is -2.37. The first-order valence-corrected chi connectivity index (χ1v) is 21.6. The monoisotopic (exact) mass is 839 g/mol. The summed E-state index contributed by atoms with van der Waals surface area (Å²) in [5.41, 5.74) is 2.99. The molecule has 2 N–H and O–H groups in total. The predicted octanol–water partition coefficient (Wildman–Crippen LogP) is 10.3. The minimum Gasteiger partial charge on any atom is -0.368 e. The second kappa shape index (κ2) is 16.8. The summed E-state index contributed by atoms with van der Waals surface area (Å²) in [7, 11) is -3.59. The van der Waals surface area contributed by atoms with Gasteiger partial charge in [0, 0.05) is 77.3 Å². The number of anilines is 3. The topological polar surface area (TPSA) is 69.6 Å². The summed E-state index contributed by atoms with van der Waals surface area (Å²) >= 11 is 2.30. The summed E-state index contributed by atoms with van der Waals surface area (Å²) in [6.45, 7) is 7.17. The summed E-state index contributed by atoms with van der Waals surface area (Å²) in [6, 6.07) is 28.2. The molecule has 1 aliphatic carbocycles. The van der Waals surface area contributed by atoms with Gasteiger partial charge in [0.15, 0.2) is 11.6 Å². The van der Waals surface area contributed by atoms with Gasteiger partial charge in [0.05, 0.1) is 16.6 Å². The summed E-state index contributed by atoms with van der Waals surface area (Å²) < 4.78 is 103. The fraction of sp³-hybridized carbons (Fsp3) is 0.286. The molecule has 4 aromatic carbocycles. The van der Waals surface area contributed by atoms with E-state index >= 15 is 0 Å². The molecule has 1 aliphatic heterocycles. The summed E-state index contributed by atoms with van der Waals surface area (Å²) in [5.74, 6) is -1.76. The zero-order chi connectivity index (χ0) is 40.5. The van der Waals surface area contributed by atoms with Crippen LogP contribution in [0.3, 0.4) is 0 Å². The first-order chi connectivity index (χ1) is 27.2. The second-order valence-corrected chi connectivity index (χ2v) is 18.0. The molecule has 0 radical (unpaired) electrons. The highest BCUT2D eigenvalue weighted by molar-refractivity contribution is 8.01. The van der Waals surface area contributed by atoms with Crippen LogP contribution in [0.2, 0.25) is 0 Å². The lowest BCUT2D eigenvalue weighted by atomic mass is 9.97. The van der Waals surface area contributed by atoms with Gasteiger partial charge >= 0.3 is 5.51 Å². The molecule has 7 rings (SSSR count). The Morgan fingerprint density at radius 2 is 1.44 bits per heavy atom. The summed E-state index contributed by atoms with van der Waals surface area (Å²) in [5, 5.41) is -0.490. The number of halogens is 5. The molecule has 2 unspecified atom stereocenters. The van der Waals surface area contributed by atoms with Crippen LogP contribution in [0.25, 0.3) is 22.4 Å². The number of benzene rings is 4. The maximum atomic E-state index is 14.3. The molecule has 57 heavy (non-hydrogen) atoms. The van der Waals surface area contributed by atoms with Crippen LogP contribution in [-0.4, -0.2) is 56.0 Å². The maximum absolute atomic E-state index is 14.3. The number of hydrogen-bond donors (Lipinski definition) is 2. The highest BCUT2D eigenvalue weighted by atomic mass is 32.2. The van der Waals surface area contributed by atoms with Gasteiger partial charge in [-0.2, -0.15) is 13.2 Å². The lowest BCUT2D eigenvalue weighted by molar-refractivity contribution is -0.0428. The Morgan fingerprint density at radius 3 is 2.11 bits per heavy atom. The number of sulfone groups is 1. The highest BCUT2D eigenvalue weighted by Crippen LogP contribution is 2.41. The predicted molar refractivity (Wildman–Crippen MR) is 223 cm³/mol. The van der Waals surface area contributed by atoms with E-state index in [2.05, 4.69) is 31.4 Å². The average molecular weight is 840 g/mol. The third-order valence-corrected chi connectivity index (χ3v) is 14.2. The van der Waals surface area contributed by atoms with Gasteiger partial charge in [0.2, 0.25) is 0 Å². The van der Waals surface area contributed by atoms with Crippen molar-refractivity contribution < 1.29 is 30.4 Å². The van der Waals surface area contributed by atoms with E-state index in [4.69, 9.17) is 0 Å². The molecule has 0 amide bonds. The fourth-order valence-electron chi connectivity index (χ4n) is 7.35. The number of rotatable bonds is 11. The molecule has 2 atom stereocenters. The SMILES string of the molecule is Cc1c(-c2cccc(N3CCN(c4ccc(NSC5C=C(S(=O)(=O)C(F)(F)F)C(NSc6ccccc6)CC5)cc4)CC3)c2)c(-c2ccc(F)c(F)c2)n(C)c1C. The van der Waals surface area contributed by atoms with Crippen molar-refractivity contribution in [3.8, 4) is 22.4 Å². The van der Waals surface area contributed by atoms with Crippen LogP contribution in [0.15, 0.2) is 113 Å². The van der Waals surface area contributed by atoms with E-state index < -0.39 is 43.2 Å². The first kappa shape index (κ1) is 40.7. The molecule has 0 spiro atoms. The van der Waals surface area contributed by atoms with Gasteiger partial charge in [-0.05, 0) is 128 Å². The standard InChI is InChI=1S/C42H42F5N5O2S3/c1-27-28(2)50(3)41(30-12-18-36(43)37(44)25-30)40(27)29-8-7-9-33(24-29)52-22-20-51(21-23-52)32-15-13-31(14-16-32)48-56-35-17-19-38(49-55-34-10-5-4-6-11-34)39(26-35)57(53,54)42(45,46)47/h4-16,18,24-26,35,38,48-49H,17,19-23H2,1-3H3. The van der Waals surface area contributed by atoms with Crippen LogP contribution in [0.1, 0.15) is 24.1 Å². The number of aromatic nitrogens is 1. The molecule has 5 aromatic rings. The summed E-state index contributed by atoms with van der Waals surface area (Å²) in [4.78, 5) is 4.74. The van der Waals surface area contributed by atoms with Crippen LogP contribution in [0.4, 0.5) is 39.0 Å². The van der Waals surface area contributed by atoms with Crippen molar-refractivity contribution in [3.05, 3.63) is 131 Å². The third-order valence-electron chi connectivity index (χ3n) is 10.6. The van der Waals surface area contributed by atoms with Crippen molar-refractivity contribution in [2.75, 3.05) is 40.7 Å². The minimum absolute atomic E-state index is 0.222. The largest absolute Gasteiger partial charge is 0.501 e. The van der Waals surface area contributed by atoms with Gasteiger partial charge in [0.25, 0.3) is 9.84 Å². The van der Waals surface area contributed by atoms with Gasteiger partial charge in [-0.1, -0.05) is 36.4 Å². The molecule has 1 fully saturated rings. The van der Waals surface area contributed by atoms with Crippen LogP contribution >= 0.6 is 23.9 Å². The second-order valence-electron chi connectivity index (χ2n) is 14.1. The number of piperazine rings is 1. The third kappa shape index (κ3) is 8.71. The minimum atomic E-state index is -5.53. The van der Waals surface area contributed by atoms with E-state index in [-0.39, 0.29) is 6.42 Å². The number of nitrogens with one attached hydrogen (secondary N) is 2. The smallest absolute Gasteiger partial charge is 0.368 e. The Morgan fingerprint density at radius 1 is 0.754 bits per heavy atom. The number of nitrogens with zero attached hydrogens (tertiary/aromatic N) is 3. The molecular formula is C42H42F5N5O2S3. The van der Waals surface area contributed by atoms with Crippen molar-refractivity contribution in [3.63, 3.8) is 0 Å². The molecule has 0 saturated carbocycles. The normalized spacial score (nSPS) is 17.8. The van der Waals surface area contributed by atoms with Gasteiger partial charge in [-0.25, -0.2) is 17.2 Å². The Bertz CT molecular complexity index is 2360. The van der Waals surface area contributed by atoms with Gasteiger partial charge in [-0.15, -0.1) is 0 Å². The zero-order valence-corrected chi connectivity index (χ0v) is 33.9. The van der Waals surface area contributed by atoms with E-state index in [1.54, 1.807) is 30.3 Å². The van der Waals surface area contributed by atoms with Gasteiger partial charge in [0.1, 0.15) is 0 Å². The van der Waals surface area contributed by atoms with Gasteiger partial charge < -0.3 is 19.1 Å². The average Bonchev–Trinajstić information content (AvgIpc) is 3.44. The number of hydrogen-bond acceptors (Lipinski definition) is 8. The van der Waals surface area contributed by atoms with Crippen molar-refractivity contribution in [1.29, 1.82) is 0 Å².